The van der Waals surface area contributed by atoms with E-state index in [9.17, 15) is 4.79 Å². The molecule has 0 unspecified atom stereocenters. The van der Waals surface area contributed by atoms with E-state index in [-0.39, 0.29) is 5.91 Å². The molecule has 0 spiro atoms. The minimum atomic E-state index is -0.263. The van der Waals surface area contributed by atoms with Crippen LogP contribution >= 0.6 is 0 Å². The fraction of sp³-hybridized carbons (Fsp3) is 0.0476. The molecular weight excluding hydrogens is 324 g/mol. The Morgan fingerprint density at radius 1 is 0.962 bits per heavy atom. The molecule has 0 bridgehead atoms. The zero-order chi connectivity index (χ0) is 18.4. The highest BCUT2D eigenvalue weighted by atomic mass is 16.1. The van der Waals surface area contributed by atoms with Crippen LogP contribution in [-0.2, 0) is 6.54 Å². The third-order valence-electron chi connectivity index (χ3n) is 4.00. The van der Waals surface area contributed by atoms with Crippen LogP contribution in [-0.4, -0.2) is 12.1 Å². The molecule has 0 aliphatic rings. The molecule has 0 atom stereocenters. The number of benzene rings is 3. The summed E-state index contributed by atoms with van der Waals surface area (Å²) in [6, 6.07) is 22.3. The predicted octanol–water partition coefficient (Wildman–Crippen LogP) is 4.13. The van der Waals surface area contributed by atoms with Crippen LogP contribution in [0.4, 0.5) is 17.1 Å². The van der Waals surface area contributed by atoms with Crippen molar-refractivity contribution in [2.24, 2.45) is 0 Å². The number of anilines is 3. The Morgan fingerprint density at radius 2 is 1.69 bits per heavy atom. The highest BCUT2D eigenvalue weighted by Crippen LogP contribution is 2.20. The van der Waals surface area contributed by atoms with Gasteiger partial charge in [0.25, 0.3) is 5.91 Å². The first-order chi connectivity index (χ1) is 12.7. The molecule has 3 aromatic rings. The number of carbonyl (C=O) groups excluding carboxylic acids is 1. The average molecular weight is 344 g/mol. The lowest BCUT2D eigenvalue weighted by Crippen LogP contribution is -2.14. The molecule has 0 aliphatic heterocycles. The van der Waals surface area contributed by atoms with E-state index in [1.807, 2.05) is 48.5 Å². The van der Waals surface area contributed by atoms with Gasteiger partial charge in [0.15, 0.2) is 0 Å². The second kappa shape index (κ2) is 7.98. The summed E-state index contributed by atoms with van der Waals surface area (Å²) in [5, 5.41) is 13.7. The van der Waals surface area contributed by atoms with Crippen LogP contribution in [0.5, 0.6) is 0 Å². The smallest absolute Gasteiger partial charge is 0.255 e. The SMILES string of the molecule is N=Cc1cc(C(=O)Nc2ccccc2N)ccc1NCc1ccccc1. The number of amides is 1. The number of para-hydroxylation sites is 2. The van der Waals surface area contributed by atoms with Gasteiger partial charge in [0.05, 0.1) is 11.4 Å². The summed E-state index contributed by atoms with van der Waals surface area (Å²) >= 11 is 0. The fourth-order valence-electron chi connectivity index (χ4n) is 2.58. The third-order valence-corrected chi connectivity index (χ3v) is 4.00. The first-order valence-electron chi connectivity index (χ1n) is 8.25. The lowest BCUT2D eigenvalue weighted by Gasteiger charge is -2.12. The van der Waals surface area contributed by atoms with E-state index in [0.717, 1.165) is 11.3 Å². The summed E-state index contributed by atoms with van der Waals surface area (Å²) in [7, 11) is 0. The zero-order valence-corrected chi connectivity index (χ0v) is 14.2. The molecule has 0 heterocycles. The minimum Gasteiger partial charge on any atom is -0.397 e. The van der Waals surface area contributed by atoms with E-state index in [2.05, 4.69) is 10.6 Å². The van der Waals surface area contributed by atoms with Crippen molar-refractivity contribution < 1.29 is 4.79 Å². The van der Waals surface area contributed by atoms with E-state index in [4.69, 9.17) is 11.1 Å². The maximum Gasteiger partial charge on any atom is 0.255 e. The van der Waals surface area contributed by atoms with E-state index >= 15 is 0 Å². The Labute approximate surface area is 152 Å². The second-order valence-electron chi connectivity index (χ2n) is 5.83. The molecule has 5 N–H and O–H groups in total. The van der Waals surface area contributed by atoms with Crippen molar-refractivity contribution in [2.75, 3.05) is 16.4 Å². The topological polar surface area (TPSA) is 91.0 Å². The Morgan fingerprint density at radius 3 is 2.42 bits per heavy atom. The van der Waals surface area contributed by atoms with Crippen LogP contribution in [0.15, 0.2) is 72.8 Å². The molecule has 0 aliphatic carbocycles. The monoisotopic (exact) mass is 344 g/mol. The van der Waals surface area contributed by atoms with Gasteiger partial charge in [-0.2, -0.15) is 0 Å². The number of carbonyl (C=O) groups is 1. The lowest BCUT2D eigenvalue weighted by molar-refractivity contribution is 0.102. The number of hydrogen-bond donors (Lipinski definition) is 4. The van der Waals surface area contributed by atoms with Crippen molar-refractivity contribution >= 4 is 29.2 Å². The predicted molar refractivity (Wildman–Crippen MR) is 107 cm³/mol. The van der Waals surface area contributed by atoms with Gasteiger partial charge in [0.1, 0.15) is 0 Å². The van der Waals surface area contributed by atoms with Gasteiger partial charge in [0.2, 0.25) is 0 Å². The van der Waals surface area contributed by atoms with Crippen LogP contribution in [0, 0.1) is 5.41 Å². The number of hydrogen-bond acceptors (Lipinski definition) is 4. The molecule has 5 heteroatoms. The van der Waals surface area contributed by atoms with Gasteiger partial charge in [-0.15, -0.1) is 0 Å². The Balaban J connectivity index is 1.74. The molecule has 0 radical (unpaired) electrons. The average Bonchev–Trinajstić information content (AvgIpc) is 2.68. The van der Waals surface area contributed by atoms with Crippen LogP contribution in [0.1, 0.15) is 21.5 Å². The fourth-order valence-corrected chi connectivity index (χ4v) is 2.58. The third kappa shape index (κ3) is 4.08. The summed E-state index contributed by atoms with van der Waals surface area (Å²) in [6.45, 7) is 0.647. The molecule has 0 fully saturated rings. The molecular formula is C21H20N4O. The molecule has 3 aromatic carbocycles. The summed E-state index contributed by atoms with van der Waals surface area (Å²) in [5.41, 5.74) is 10.0. The minimum absolute atomic E-state index is 0.263. The highest BCUT2D eigenvalue weighted by molar-refractivity contribution is 6.07. The summed E-state index contributed by atoms with van der Waals surface area (Å²) in [4.78, 5) is 12.5. The molecule has 0 saturated carbocycles. The van der Waals surface area contributed by atoms with E-state index in [1.165, 1.54) is 6.21 Å². The van der Waals surface area contributed by atoms with E-state index in [0.29, 0.717) is 29.0 Å². The van der Waals surface area contributed by atoms with Gasteiger partial charge >= 0.3 is 0 Å². The zero-order valence-electron chi connectivity index (χ0n) is 14.2. The Hall–Kier alpha value is -3.60. The standard InChI is InChI=1S/C21H20N4O/c22-13-17-12-16(21(26)25-20-9-5-4-8-18(20)23)10-11-19(17)24-14-15-6-2-1-3-7-15/h1-13,22,24H,14,23H2,(H,25,26). The summed E-state index contributed by atoms with van der Waals surface area (Å²) in [6.07, 6.45) is 1.24. The molecule has 130 valence electrons. The van der Waals surface area contributed by atoms with Crippen LogP contribution in [0.2, 0.25) is 0 Å². The van der Waals surface area contributed by atoms with E-state index in [1.54, 1.807) is 24.3 Å². The first kappa shape index (κ1) is 17.2. The maximum absolute atomic E-state index is 12.5. The second-order valence-corrected chi connectivity index (χ2v) is 5.83. The highest BCUT2D eigenvalue weighted by Gasteiger charge is 2.10. The lowest BCUT2D eigenvalue weighted by atomic mass is 10.1. The van der Waals surface area contributed by atoms with Gasteiger partial charge in [-0.3, -0.25) is 4.79 Å². The molecule has 26 heavy (non-hydrogen) atoms. The number of nitrogens with two attached hydrogens (primary N) is 1. The van der Waals surface area contributed by atoms with Gasteiger partial charge in [-0.1, -0.05) is 42.5 Å². The van der Waals surface area contributed by atoms with Crippen molar-refractivity contribution in [3.8, 4) is 0 Å². The van der Waals surface area contributed by atoms with Gasteiger partial charge in [0, 0.05) is 29.6 Å². The molecule has 5 nitrogen and oxygen atoms in total. The Kier molecular flexibility index (Phi) is 5.29. The molecule has 0 saturated heterocycles. The normalized spacial score (nSPS) is 10.2. The van der Waals surface area contributed by atoms with Crippen molar-refractivity contribution in [3.05, 3.63) is 89.5 Å². The van der Waals surface area contributed by atoms with Crippen molar-refractivity contribution in [1.29, 1.82) is 5.41 Å². The van der Waals surface area contributed by atoms with Gasteiger partial charge < -0.3 is 21.8 Å². The van der Waals surface area contributed by atoms with E-state index < -0.39 is 0 Å². The van der Waals surface area contributed by atoms with Crippen molar-refractivity contribution in [3.63, 3.8) is 0 Å². The molecule has 0 aromatic heterocycles. The Bertz CT molecular complexity index is 922. The van der Waals surface area contributed by atoms with Crippen LogP contribution in [0.25, 0.3) is 0 Å². The van der Waals surface area contributed by atoms with Crippen molar-refractivity contribution in [2.45, 2.75) is 6.54 Å². The van der Waals surface area contributed by atoms with Gasteiger partial charge in [-0.25, -0.2) is 0 Å². The number of nitrogen functional groups attached to an aromatic ring is 1. The van der Waals surface area contributed by atoms with Crippen molar-refractivity contribution in [1.82, 2.24) is 0 Å². The van der Waals surface area contributed by atoms with Crippen LogP contribution < -0.4 is 16.4 Å². The molecule has 1 amide bonds. The molecule has 3 rings (SSSR count). The largest absolute Gasteiger partial charge is 0.397 e. The summed E-state index contributed by atoms with van der Waals surface area (Å²) < 4.78 is 0. The maximum atomic E-state index is 12.5. The number of nitrogens with one attached hydrogen (secondary N) is 3. The first-order valence-corrected chi connectivity index (χ1v) is 8.25. The van der Waals surface area contributed by atoms with Gasteiger partial charge in [-0.05, 0) is 35.9 Å². The van der Waals surface area contributed by atoms with Crippen LogP contribution in [0.3, 0.4) is 0 Å². The summed E-state index contributed by atoms with van der Waals surface area (Å²) in [5.74, 6) is -0.263. The quantitative estimate of drug-likeness (QED) is 0.400. The number of rotatable bonds is 6.